The summed E-state index contributed by atoms with van der Waals surface area (Å²) in [5.74, 6) is 0.0518. The van der Waals surface area contributed by atoms with Gasteiger partial charge < -0.3 is 15.2 Å². The fraction of sp³-hybridized carbons (Fsp3) is 0.208. The van der Waals surface area contributed by atoms with Gasteiger partial charge in [0.15, 0.2) is 0 Å². The number of nitrogens with one attached hydrogen (secondary N) is 2. The van der Waals surface area contributed by atoms with E-state index in [2.05, 4.69) is 20.6 Å². The van der Waals surface area contributed by atoms with Crippen LogP contribution in [0.4, 0.5) is 11.6 Å². The van der Waals surface area contributed by atoms with Gasteiger partial charge in [0.2, 0.25) is 5.95 Å². The largest absolute Gasteiger partial charge is 0.468 e. The Morgan fingerprint density at radius 3 is 2.53 bits per heavy atom. The van der Waals surface area contributed by atoms with Gasteiger partial charge in [0.25, 0.3) is 0 Å². The summed E-state index contributed by atoms with van der Waals surface area (Å²) < 4.78 is 4.89. The van der Waals surface area contributed by atoms with Gasteiger partial charge in [0, 0.05) is 28.7 Å². The lowest BCUT2D eigenvalue weighted by molar-refractivity contribution is -0.144. The number of carbonyl (C=O) groups excluding carboxylic acids is 1. The number of hydrogen-bond donors (Lipinski definition) is 3. The predicted molar refractivity (Wildman–Crippen MR) is 125 cm³/mol. The van der Waals surface area contributed by atoms with Crippen molar-refractivity contribution in [2.45, 2.75) is 25.6 Å². The van der Waals surface area contributed by atoms with Crippen molar-refractivity contribution in [3.05, 3.63) is 88.7 Å². The van der Waals surface area contributed by atoms with Crippen LogP contribution < -0.4 is 10.6 Å². The molecule has 1 aromatic heterocycles. The van der Waals surface area contributed by atoms with Crippen LogP contribution in [0.2, 0.25) is 5.02 Å². The van der Waals surface area contributed by atoms with Crippen LogP contribution in [0.15, 0.2) is 67.0 Å². The third-order valence-corrected chi connectivity index (χ3v) is 5.13. The average Bonchev–Trinajstić information content (AvgIpc) is 2.79. The summed E-state index contributed by atoms with van der Waals surface area (Å²) in [5.41, 5.74) is 3.18. The average molecular weight is 453 g/mol. The van der Waals surface area contributed by atoms with Crippen molar-refractivity contribution >= 4 is 35.3 Å². The maximum atomic E-state index is 12.2. The van der Waals surface area contributed by atoms with Gasteiger partial charge in [-0.25, -0.2) is 9.97 Å². The lowest BCUT2D eigenvalue weighted by Crippen LogP contribution is -2.40. The minimum Gasteiger partial charge on any atom is -0.468 e. The number of aliphatic hydroxyl groups excluding tert-OH is 1. The summed E-state index contributed by atoms with van der Waals surface area (Å²) in [6.45, 7) is 1.85. The number of rotatable bonds is 9. The van der Waals surface area contributed by atoms with Gasteiger partial charge in [-0.15, -0.1) is 0 Å². The first-order valence-corrected chi connectivity index (χ1v) is 10.4. The Bertz CT molecular complexity index is 1040. The quantitative estimate of drug-likeness (QED) is 0.327. The summed E-state index contributed by atoms with van der Waals surface area (Å²) in [6, 6.07) is 14.1. The molecule has 3 rings (SSSR count). The molecule has 0 aliphatic heterocycles. The van der Waals surface area contributed by atoms with Crippen LogP contribution in [-0.4, -0.2) is 34.2 Å². The molecule has 2 atom stereocenters. The van der Waals surface area contributed by atoms with Gasteiger partial charge in [-0.3, -0.25) is 10.1 Å². The minimum atomic E-state index is -1.10. The Labute approximate surface area is 192 Å². The molecular formula is C24H25ClN4O3. The molecule has 0 aliphatic carbocycles. The van der Waals surface area contributed by atoms with Crippen molar-refractivity contribution in [3.63, 3.8) is 0 Å². The second kappa shape index (κ2) is 11.4. The molecule has 2 unspecified atom stereocenters. The molecule has 3 aromatic rings. The lowest BCUT2D eigenvalue weighted by Gasteiger charge is -2.22. The van der Waals surface area contributed by atoms with E-state index in [-0.39, 0.29) is 0 Å². The normalized spacial score (nSPS) is 13.0. The minimum absolute atomic E-state index is 0.324. The number of aliphatic hydroxyl groups is 1. The number of nitrogens with zero attached hydrogens (tertiary/aromatic N) is 2. The van der Waals surface area contributed by atoms with Crippen molar-refractivity contribution in [3.8, 4) is 0 Å². The van der Waals surface area contributed by atoms with E-state index in [1.807, 2.05) is 55.5 Å². The lowest BCUT2D eigenvalue weighted by atomic mass is 10.1. The van der Waals surface area contributed by atoms with Gasteiger partial charge in [-0.2, -0.15) is 0 Å². The fourth-order valence-electron chi connectivity index (χ4n) is 3.15. The van der Waals surface area contributed by atoms with Crippen molar-refractivity contribution in [2.24, 2.45) is 0 Å². The molecule has 0 spiro atoms. The van der Waals surface area contributed by atoms with Crippen LogP contribution in [-0.2, 0) is 9.53 Å². The molecule has 0 saturated carbocycles. The molecular weight excluding hydrogens is 428 g/mol. The van der Waals surface area contributed by atoms with E-state index in [1.54, 1.807) is 24.5 Å². The maximum Gasteiger partial charge on any atom is 0.323 e. The number of benzene rings is 2. The Hall–Kier alpha value is -3.26. The Morgan fingerprint density at radius 1 is 1.16 bits per heavy atom. The van der Waals surface area contributed by atoms with E-state index in [0.717, 1.165) is 16.8 Å². The first kappa shape index (κ1) is 23.4. The molecule has 2 aromatic carbocycles. The summed E-state index contributed by atoms with van der Waals surface area (Å²) >= 11 is 6.23. The molecule has 3 N–H and O–H groups in total. The van der Waals surface area contributed by atoms with Gasteiger partial charge in [-0.1, -0.05) is 48.0 Å². The Balaban J connectivity index is 1.63. The summed E-state index contributed by atoms with van der Waals surface area (Å²) in [7, 11) is 1.32. The third kappa shape index (κ3) is 6.37. The molecule has 0 aliphatic rings. The van der Waals surface area contributed by atoms with E-state index < -0.39 is 18.2 Å². The van der Waals surface area contributed by atoms with Crippen LogP contribution in [0.3, 0.4) is 0 Å². The molecule has 0 radical (unpaired) electrons. The second-order valence-corrected chi connectivity index (χ2v) is 7.48. The molecule has 7 nitrogen and oxygen atoms in total. The summed E-state index contributed by atoms with van der Waals surface area (Å²) in [4.78, 5) is 20.5. The fourth-order valence-corrected chi connectivity index (χ4v) is 3.48. The highest BCUT2D eigenvalue weighted by molar-refractivity contribution is 6.31. The highest BCUT2D eigenvalue weighted by Gasteiger charge is 2.23. The standard InChI is InChI=1S/C24H25ClN4O3/c1-16-6-3-8-19(25)21(16)22(30)29-20(23(31)32-2)9-4-7-17-10-12-18(13-11-17)28-24-26-14-5-15-27-24/h3-8,10-15,20,22,29-30H,9H2,1-2H3,(H,26,27,28)/b7-4+. The van der Waals surface area contributed by atoms with Gasteiger partial charge in [0.05, 0.1) is 7.11 Å². The number of esters is 1. The number of halogens is 1. The number of anilines is 2. The first-order valence-electron chi connectivity index (χ1n) is 10.1. The smallest absolute Gasteiger partial charge is 0.323 e. The molecule has 8 heteroatoms. The van der Waals surface area contributed by atoms with Crippen LogP contribution in [0, 0.1) is 6.92 Å². The monoisotopic (exact) mass is 452 g/mol. The number of aromatic nitrogens is 2. The second-order valence-electron chi connectivity index (χ2n) is 7.07. The highest BCUT2D eigenvalue weighted by atomic mass is 35.5. The van der Waals surface area contributed by atoms with E-state index in [9.17, 15) is 9.90 Å². The molecule has 0 bridgehead atoms. The topological polar surface area (TPSA) is 96.4 Å². The third-order valence-electron chi connectivity index (χ3n) is 4.80. The number of aryl methyl sites for hydroxylation is 1. The van der Waals surface area contributed by atoms with Crippen molar-refractivity contribution in [1.82, 2.24) is 15.3 Å². The Morgan fingerprint density at radius 2 is 1.88 bits per heavy atom. The van der Waals surface area contributed by atoms with E-state index in [0.29, 0.717) is 23.0 Å². The number of ether oxygens (including phenoxy) is 1. The van der Waals surface area contributed by atoms with Crippen molar-refractivity contribution in [1.29, 1.82) is 0 Å². The number of methoxy groups -OCH3 is 1. The highest BCUT2D eigenvalue weighted by Crippen LogP contribution is 2.25. The molecule has 0 saturated heterocycles. The molecule has 1 heterocycles. The SMILES string of the molecule is COC(=O)C(C/C=C/c1ccc(Nc2ncccn2)cc1)NC(O)c1c(C)cccc1Cl. The van der Waals surface area contributed by atoms with Crippen LogP contribution >= 0.6 is 11.6 Å². The van der Waals surface area contributed by atoms with E-state index in [4.69, 9.17) is 16.3 Å². The molecule has 0 fully saturated rings. The molecule has 166 valence electrons. The van der Waals surface area contributed by atoms with Crippen LogP contribution in [0.25, 0.3) is 6.08 Å². The summed E-state index contributed by atoms with van der Waals surface area (Å²) in [6.07, 6.45) is 6.30. The molecule has 0 amide bonds. The van der Waals surface area contributed by atoms with E-state index >= 15 is 0 Å². The number of carbonyl (C=O) groups is 1. The van der Waals surface area contributed by atoms with Crippen molar-refractivity contribution < 1.29 is 14.6 Å². The van der Waals surface area contributed by atoms with Crippen molar-refractivity contribution in [2.75, 3.05) is 12.4 Å². The zero-order chi connectivity index (χ0) is 22.9. The number of hydrogen-bond acceptors (Lipinski definition) is 7. The zero-order valence-electron chi connectivity index (χ0n) is 17.8. The van der Waals surface area contributed by atoms with Gasteiger partial charge in [-0.05, 0) is 48.7 Å². The van der Waals surface area contributed by atoms with Gasteiger partial charge in [0.1, 0.15) is 12.3 Å². The Kier molecular flexibility index (Phi) is 8.33. The molecule has 32 heavy (non-hydrogen) atoms. The van der Waals surface area contributed by atoms with Crippen LogP contribution in [0.5, 0.6) is 0 Å². The maximum absolute atomic E-state index is 12.2. The first-order chi connectivity index (χ1) is 15.5. The predicted octanol–water partition coefficient (Wildman–Crippen LogP) is 4.41. The summed E-state index contributed by atoms with van der Waals surface area (Å²) in [5, 5.41) is 17.1. The van der Waals surface area contributed by atoms with Gasteiger partial charge >= 0.3 is 5.97 Å². The van der Waals surface area contributed by atoms with Crippen LogP contribution in [0.1, 0.15) is 29.3 Å². The van der Waals surface area contributed by atoms with E-state index in [1.165, 1.54) is 7.11 Å². The zero-order valence-corrected chi connectivity index (χ0v) is 18.6.